The quantitative estimate of drug-likeness (QED) is 0.939. The van der Waals surface area contributed by atoms with E-state index in [2.05, 4.69) is 10.3 Å². The zero-order valence-electron chi connectivity index (χ0n) is 12.1. The van der Waals surface area contributed by atoms with Crippen molar-refractivity contribution in [1.29, 1.82) is 0 Å². The second kappa shape index (κ2) is 5.87. The first-order valence-corrected chi connectivity index (χ1v) is 6.49. The molecule has 0 atom stereocenters. The minimum absolute atomic E-state index is 0.0880. The van der Waals surface area contributed by atoms with Crippen LogP contribution in [-0.2, 0) is 11.3 Å². The lowest BCUT2D eigenvalue weighted by Gasteiger charge is -2.12. The molecule has 0 bridgehead atoms. The standard InChI is InChI=1S/C15H16FN3O2/c1-9-10(2)17-11(3)19(15(9)21)8-14(20)18-13-7-5-4-6-12(13)16/h4-7H,8H2,1-3H3,(H,18,20). The van der Waals surface area contributed by atoms with Crippen LogP contribution in [0.1, 0.15) is 17.1 Å². The third-order valence-corrected chi connectivity index (χ3v) is 3.28. The second-order valence-corrected chi connectivity index (χ2v) is 4.79. The molecule has 1 heterocycles. The number of carbonyl (C=O) groups excluding carboxylic acids is 1. The Kier molecular flexibility index (Phi) is 4.16. The Labute approximate surface area is 121 Å². The summed E-state index contributed by atoms with van der Waals surface area (Å²) in [6.07, 6.45) is 0. The number of nitrogens with zero attached hydrogens (tertiary/aromatic N) is 2. The van der Waals surface area contributed by atoms with E-state index in [1.165, 1.54) is 22.8 Å². The van der Waals surface area contributed by atoms with E-state index in [0.717, 1.165) is 0 Å². The van der Waals surface area contributed by atoms with Crippen molar-refractivity contribution in [3.05, 3.63) is 57.5 Å². The van der Waals surface area contributed by atoms with E-state index in [0.29, 0.717) is 17.1 Å². The van der Waals surface area contributed by atoms with Gasteiger partial charge in [0.2, 0.25) is 5.91 Å². The van der Waals surface area contributed by atoms with Crippen molar-refractivity contribution in [2.75, 3.05) is 5.32 Å². The molecule has 0 saturated carbocycles. The number of para-hydroxylation sites is 1. The zero-order valence-corrected chi connectivity index (χ0v) is 12.1. The molecule has 1 amide bonds. The summed E-state index contributed by atoms with van der Waals surface area (Å²) < 4.78 is 14.7. The van der Waals surface area contributed by atoms with Crippen LogP contribution in [0, 0.1) is 26.6 Å². The predicted molar refractivity (Wildman–Crippen MR) is 77.7 cm³/mol. The number of amides is 1. The number of hydrogen-bond donors (Lipinski definition) is 1. The van der Waals surface area contributed by atoms with Gasteiger partial charge >= 0.3 is 0 Å². The summed E-state index contributed by atoms with van der Waals surface area (Å²) in [4.78, 5) is 28.3. The zero-order chi connectivity index (χ0) is 15.6. The van der Waals surface area contributed by atoms with Crippen LogP contribution in [0.5, 0.6) is 0 Å². The third-order valence-electron chi connectivity index (χ3n) is 3.28. The fourth-order valence-corrected chi connectivity index (χ4v) is 1.97. The van der Waals surface area contributed by atoms with E-state index >= 15 is 0 Å². The minimum Gasteiger partial charge on any atom is -0.322 e. The highest BCUT2D eigenvalue weighted by Gasteiger charge is 2.12. The van der Waals surface area contributed by atoms with E-state index in [-0.39, 0.29) is 17.8 Å². The average Bonchev–Trinajstić information content (AvgIpc) is 2.44. The van der Waals surface area contributed by atoms with Crippen molar-refractivity contribution in [3.63, 3.8) is 0 Å². The van der Waals surface area contributed by atoms with Crippen LogP contribution in [-0.4, -0.2) is 15.5 Å². The summed E-state index contributed by atoms with van der Waals surface area (Å²) in [5, 5.41) is 2.45. The Hall–Kier alpha value is -2.50. The van der Waals surface area contributed by atoms with Gasteiger partial charge in [0.15, 0.2) is 0 Å². The molecular formula is C15H16FN3O2. The van der Waals surface area contributed by atoms with Crippen molar-refractivity contribution in [3.8, 4) is 0 Å². The van der Waals surface area contributed by atoms with Crippen molar-refractivity contribution < 1.29 is 9.18 Å². The van der Waals surface area contributed by atoms with Gasteiger partial charge in [-0.05, 0) is 32.9 Å². The number of hydrogen-bond acceptors (Lipinski definition) is 3. The van der Waals surface area contributed by atoms with Crippen molar-refractivity contribution in [2.45, 2.75) is 27.3 Å². The van der Waals surface area contributed by atoms with Crippen LogP contribution in [0.4, 0.5) is 10.1 Å². The lowest BCUT2D eigenvalue weighted by atomic mass is 10.2. The van der Waals surface area contributed by atoms with Gasteiger partial charge in [0.05, 0.1) is 5.69 Å². The maximum absolute atomic E-state index is 13.5. The molecule has 2 rings (SSSR count). The molecule has 0 aliphatic heterocycles. The highest BCUT2D eigenvalue weighted by Crippen LogP contribution is 2.12. The number of carbonyl (C=O) groups is 1. The molecule has 6 heteroatoms. The predicted octanol–water partition coefficient (Wildman–Crippen LogP) is 1.95. The van der Waals surface area contributed by atoms with Crippen LogP contribution in [0.15, 0.2) is 29.1 Å². The number of nitrogens with one attached hydrogen (secondary N) is 1. The van der Waals surface area contributed by atoms with Gasteiger partial charge in [-0.25, -0.2) is 9.37 Å². The van der Waals surface area contributed by atoms with Crippen LogP contribution < -0.4 is 10.9 Å². The number of benzene rings is 1. The van der Waals surface area contributed by atoms with Crippen molar-refractivity contribution in [2.24, 2.45) is 0 Å². The average molecular weight is 289 g/mol. The van der Waals surface area contributed by atoms with Crippen molar-refractivity contribution >= 4 is 11.6 Å². The molecular weight excluding hydrogens is 273 g/mol. The molecule has 0 unspecified atom stereocenters. The highest BCUT2D eigenvalue weighted by molar-refractivity contribution is 5.90. The summed E-state index contributed by atoms with van der Waals surface area (Å²) in [5.41, 5.74) is 0.969. The Balaban J connectivity index is 2.23. The maximum atomic E-state index is 13.5. The lowest BCUT2D eigenvalue weighted by molar-refractivity contribution is -0.116. The smallest absolute Gasteiger partial charge is 0.257 e. The molecule has 0 aliphatic carbocycles. The fourth-order valence-electron chi connectivity index (χ4n) is 1.97. The number of anilines is 1. The van der Waals surface area contributed by atoms with E-state index in [1.54, 1.807) is 26.8 Å². The summed E-state index contributed by atoms with van der Waals surface area (Å²) in [5.74, 6) is -0.546. The Morgan fingerprint density at radius 2 is 1.95 bits per heavy atom. The topological polar surface area (TPSA) is 64.0 Å². The number of aromatic nitrogens is 2. The normalized spacial score (nSPS) is 10.5. The lowest BCUT2D eigenvalue weighted by Crippen LogP contribution is -2.32. The van der Waals surface area contributed by atoms with Crippen molar-refractivity contribution in [1.82, 2.24) is 9.55 Å². The number of aryl methyl sites for hydroxylation is 2. The highest BCUT2D eigenvalue weighted by atomic mass is 19.1. The molecule has 0 spiro atoms. The molecule has 0 saturated heterocycles. The fraction of sp³-hybridized carbons (Fsp3) is 0.267. The van der Waals surface area contributed by atoms with Gasteiger partial charge in [-0.3, -0.25) is 14.2 Å². The van der Waals surface area contributed by atoms with E-state index in [9.17, 15) is 14.0 Å². The van der Waals surface area contributed by atoms with E-state index < -0.39 is 11.7 Å². The van der Waals surface area contributed by atoms with Gasteiger partial charge in [0, 0.05) is 11.3 Å². The van der Waals surface area contributed by atoms with Crippen LogP contribution in [0.25, 0.3) is 0 Å². The number of halogens is 1. The largest absolute Gasteiger partial charge is 0.322 e. The maximum Gasteiger partial charge on any atom is 0.257 e. The first-order valence-electron chi connectivity index (χ1n) is 6.49. The van der Waals surface area contributed by atoms with Gasteiger partial charge in [-0.15, -0.1) is 0 Å². The van der Waals surface area contributed by atoms with Gasteiger partial charge in [-0.2, -0.15) is 0 Å². The first kappa shape index (κ1) is 14.9. The monoisotopic (exact) mass is 289 g/mol. The molecule has 2 aromatic rings. The van der Waals surface area contributed by atoms with Gasteiger partial charge in [0.1, 0.15) is 18.2 Å². The van der Waals surface area contributed by atoms with E-state index in [4.69, 9.17) is 0 Å². The Bertz CT molecular complexity index is 753. The SMILES string of the molecule is Cc1nc(C)n(CC(=O)Nc2ccccc2F)c(=O)c1C. The van der Waals surface area contributed by atoms with E-state index in [1.807, 2.05) is 0 Å². The summed E-state index contributed by atoms with van der Waals surface area (Å²) in [6.45, 7) is 4.86. The first-order chi connectivity index (χ1) is 9.90. The summed E-state index contributed by atoms with van der Waals surface area (Å²) in [6, 6.07) is 5.87. The Morgan fingerprint density at radius 3 is 2.62 bits per heavy atom. The number of rotatable bonds is 3. The molecule has 1 aromatic carbocycles. The molecule has 110 valence electrons. The second-order valence-electron chi connectivity index (χ2n) is 4.79. The van der Waals surface area contributed by atoms with Gasteiger partial charge in [-0.1, -0.05) is 12.1 Å². The molecule has 0 aliphatic rings. The summed E-state index contributed by atoms with van der Waals surface area (Å²) in [7, 11) is 0. The molecule has 0 radical (unpaired) electrons. The van der Waals surface area contributed by atoms with Gasteiger partial charge in [0.25, 0.3) is 5.56 Å². The molecule has 5 nitrogen and oxygen atoms in total. The van der Waals surface area contributed by atoms with Gasteiger partial charge < -0.3 is 5.32 Å². The molecule has 1 aromatic heterocycles. The van der Waals surface area contributed by atoms with Crippen LogP contribution in [0.2, 0.25) is 0 Å². The van der Waals surface area contributed by atoms with Crippen LogP contribution in [0.3, 0.4) is 0 Å². The summed E-state index contributed by atoms with van der Waals surface area (Å²) >= 11 is 0. The Morgan fingerprint density at radius 1 is 1.29 bits per heavy atom. The molecule has 0 fully saturated rings. The van der Waals surface area contributed by atoms with Crippen LogP contribution >= 0.6 is 0 Å². The minimum atomic E-state index is -0.520. The molecule has 1 N–H and O–H groups in total. The molecule has 21 heavy (non-hydrogen) atoms. The third kappa shape index (κ3) is 3.16.